The van der Waals surface area contributed by atoms with Gasteiger partial charge in [-0.15, -0.1) is 0 Å². The van der Waals surface area contributed by atoms with Crippen molar-refractivity contribution in [2.75, 3.05) is 20.2 Å². The summed E-state index contributed by atoms with van der Waals surface area (Å²) in [6, 6.07) is 4.26. The first kappa shape index (κ1) is 13.6. The summed E-state index contributed by atoms with van der Waals surface area (Å²) in [5.74, 6) is 4.75. The van der Waals surface area contributed by atoms with Crippen LogP contribution in [0.1, 0.15) is 28.8 Å². The number of aliphatic hydroxyl groups excluding tert-OH is 1. The molecule has 100 valence electrons. The molecule has 0 radical (unpaired) electrons. The maximum Gasteiger partial charge on any atom is 0.256 e. The lowest BCUT2D eigenvalue weighted by molar-refractivity contribution is 0.0784. The Morgan fingerprint density at radius 1 is 1.53 bits per heavy atom. The Bertz CT molecular complexity index is 541. The summed E-state index contributed by atoms with van der Waals surface area (Å²) in [5, 5.41) is 8.57. The molecule has 1 aliphatic rings. The quantitative estimate of drug-likeness (QED) is 0.840. The molecule has 0 spiro atoms. The van der Waals surface area contributed by atoms with Crippen LogP contribution >= 0.6 is 0 Å². The Hall–Kier alpha value is -1.86. The molecule has 0 saturated heterocycles. The predicted octanol–water partition coefficient (Wildman–Crippen LogP) is 1.65. The molecule has 0 aromatic heterocycles. The molecule has 1 N–H and O–H groups in total. The topological polar surface area (TPSA) is 40.5 Å². The van der Waals surface area contributed by atoms with E-state index >= 15 is 0 Å². The van der Waals surface area contributed by atoms with Crippen LogP contribution in [0.5, 0.6) is 0 Å². The third kappa shape index (κ3) is 3.55. The fourth-order valence-electron chi connectivity index (χ4n) is 1.88. The van der Waals surface area contributed by atoms with Crippen LogP contribution in [0, 0.1) is 23.6 Å². The summed E-state index contributed by atoms with van der Waals surface area (Å²) >= 11 is 0. The van der Waals surface area contributed by atoms with Crippen molar-refractivity contribution >= 4 is 5.91 Å². The highest BCUT2D eigenvalue weighted by atomic mass is 19.1. The van der Waals surface area contributed by atoms with Gasteiger partial charge in [0.1, 0.15) is 12.4 Å². The van der Waals surface area contributed by atoms with Gasteiger partial charge in [-0.2, -0.15) is 0 Å². The minimum absolute atomic E-state index is 0.0673. The van der Waals surface area contributed by atoms with Crippen molar-refractivity contribution in [1.29, 1.82) is 0 Å². The molecule has 3 nitrogen and oxygen atoms in total. The minimum Gasteiger partial charge on any atom is -0.384 e. The van der Waals surface area contributed by atoms with Crippen LogP contribution in [-0.2, 0) is 0 Å². The van der Waals surface area contributed by atoms with Gasteiger partial charge in [0.25, 0.3) is 5.91 Å². The predicted molar refractivity (Wildman–Crippen MR) is 70.0 cm³/mol. The average molecular weight is 261 g/mol. The SMILES string of the molecule is CN(CC1CC1)C(=O)c1ccc(C#CCO)cc1F. The lowest BCUT2D eigenvalue weighted by atomic mass is 10.1. The first-order chi connectivity index (χ1) is 9.11. The van der Waals surface area contributed by atoms with Crippen LogP contribution in [-0.4, -0.2) is 36.1 Å². The van der Waals surface area contributed by atoms with E-state index in [4.69, 9.17) is 5.11 Å². The molecule has 0 aliphatic heterocycles. The first-order valence-electron chi connectivity index (χ1n) is 6.26. The number of carbonyl (C=O) groups is 1. The summed E-state index contributed by atoms with van der Waals surface area (Å²) < 4.78 is 13.9. The molecule has 1 aromatic rings. The van der Waals surface area contributed by atoms with E-state index in [9.17, 15) is 9.18 Å². The summed E-state index contributed by atoms with van der Waals surface area (Å²) in [6.45, 7) is 0.413. The van der Waals surface area contributed by atoms with E-state index in [-0.39, 0.29) is 18.1 Å². The van der Waals surface area contributed by atoms with Gasteiger partial charge in [-0.05, 0) is 37.0 Å². The van der Waals surface area contributed by atoms with E-state index in [0.29, 0.717) is 18.0 Å². The van der Waals surface area contributed by atoms with Gasteiger partial charge >= 0.3 is 0 Å². The second-order valence-corrected chi connectivity index (χ2v) is 4.78. The maximum atomic E-state index is 13.9. The molecule has 0 unspecified atom stereocenters. The van der Waals surface area contributed by atoms with E-state index in [0.717, 1.165) is 12.8 Å². The number of carbonyl (C=O) groups excluding carboxylic acids is 1. The summed E-state index contributed by atoms with van der Waals surface area (Å²) in [5.41, 5.74) is 0.519. The van der Waals surface area contributed by atoms with Crippen LogP contribution in [0.4, 0.5) is 4.39 Å². The molecular formula is C15H16FNO2. The number of benzene rings is 1. The van der Waals surface area contributed by atoms with Crippen molar-refractivity contribution in [2.24, 2.45) is 5.92 Å². The van der Waals surface area contributed by atoms with E-state index in [1.165, 1.54) is 12.1 Å². The third-order valence-electron chi connectivity index (χ3n) is 3.09. The smallest absolute Gasteiger partial charge is 0.256 e. The molecule has 1 fully saturated rings. The van der Waals surface area contributed by atoms with Crippen molar-refractivity contribution in [3.05, 3.63) is 35.1 Å². The number of hydrogen-bond donors (Lipinski definition) is 1. The minimum atomic E-state index is -0.572. The molecule has 0 heterocycles. The number of amides is 1. The Kier molecular flexibility index (Phi) is 4.18. The number of hydrogen-bond acceptors (Lipinski definition) is 2. The highest BCUT2D eigenvalue weighted by Gasteiger charge is 2.26. The second-order valence-electron chi connectivity index (χ2n) is 4.78. The molecule has 1 amide bonds. The van der Waals surface area contributed by atoms with Gasteiger partial charge in [0.2, 0.25) is 0 Å². The number of rotatable bonds is 3. The van der Waals surface area contributed by atoms with Crippen LogP contribution in [0.25, 0.3) is 0 Å². The lowest BCUT2D eigenvalue weighted by Gasteiger charge is -2.17. The summed E-state index contributed by atoms with van der Waals surface area (Å²) in [7, 11) is 1.69. The van der Waals surface area contributed by atoms with E-state index in [1.807, 2.05) is 0 Å². The van der Waals surface area contributed by atoms with Crippen molar-refractivity contribution in [3.8, 4) is 11.8 Å². The number of aliphatic hydroxyl groups is 1. The van der Waals surface area contributed by atoms with Gasteiger partial charge in [-0.3, -0.25) is 4.79 Å². The van der Waals surface area contributed by atoms with E-state index in [2.05, 4.69) is 11.8 Å². The molecule has 0 bridgehead atoms. The van der Waals surface area contributed by atoms with E-state index in [1.54, 1.807) is 18.0 Å². The van der Waals surface area contributed by atoms with Gasteiger partial charge < -0.3 is 10.0 Å². The van der Waals surface area contributed by atoms with Gasteiger partial charge in [-0.1, -0.05) is 11.8 Å². The van der Waals surface area contributed by atoms with Crippen LogP contribution in [0.15, 0.2) is 18.2 Å². The zero-order valence-corrected chi connectivity index (χ0v) is 10.8. The largest absolute Gasteiger partial charge is 0.384 e. The summed E-state index contributed by atoms with van der Waals surface area (Å²) in [4.78, 5) is 13.6. The lowest BCUT2D eigenvalue weighted by Crippen LogP contribution is -2.29. The van der Waals surface area contributed by atoms with Gasteiger partial charge in [0.05, 0.1) is 5.56 Å². The Morgan fingerprint density at radius 2 is 2.26 bits per heavy atom. The zero-order chi connectivity index (χ0) is 13.8. The Morgan fingerprint density at radius 3 is 2.84 bits per heavy atom. The molecule has 4 heteroatoms. The normalized spacial score (nSPS) is 13.6. The molecule has 0 atom stereocenters. The van der Waals surface area contributed by atoms with Crippen LogP contribution < -0.4 is 0 Å². The molecule has 2 rings (SSSR count). The number of nitrogens with zero attached hydrogens (tertiary/aromatic N) is 1. The molecule has 1 aromatic carbocycles. The van der Waals surface area contributed by atoms with Crippen LogP contribution in [0.2, 0.25) is 0 Å². The van der Waals surface area contributed by atoms with E-state index < -0.39 is 5.82 Å². The second kappa shape index (κ2) is 5.85. The highest BCUT2D eigenvalue weighted by molar-refractivity contribution is 5.94. The molecule has 1 saturated carbocycles. The van der Waals surface area contributed by atoms with Crippen molar-refractivity contribution < 1.29 is 14.3 Å². The number of halogens is 1. The highest BCUT2D eigenvalue weighted by Crippen LogP contribution is 2.29. The Balaban J connectivity index is 2.12. The zero-order valence-electron chi connectivity index (χ0n) is 10.8. The Labute approximate surface area is 112 Å². The first-order valence-corrected chi connectivity index (χ1v) is 6.26. The average Bonchev–Trinajstić information content (AvgIpc) is 3.19. The summed E-state index contributed by atoms with van der Waals surface area (Å²) in [6.07, 6.45) is 2.30. The van der Waals surface area contributed by atoms with Gasteiger partial charge in [-0.25, -0.2) is 4.39 Å². The van der Waals surface area contributed by atoms with Crippen molar-refractivity contribution in [2.45, 2.75) is 12.8 Å². The fraction of sp³-hybridized carbons (Fsp3) is 0.400. The third-order valence-corrected chi connectivity index (χ3v) is 3.09. The molecule has 1 aliphatic carbocycles. The fourth-order valence-corrected chi connectivity index (χ4v) is 1.88. The van der Waals surface area contributed by atoms with Crippen molar-refractivity contribution in [3.63, 3.8) is 0 Å². The molecular weight excluding hydrogens is 245 g/mol. The molecule has 19 heavy (non-hydrogen) atoms. The van der Waals surface area contributed by atoms with Gasteiger partial charge in [0.15, 0.2) is 0 Å². The monoisotopic (exact) mass is 261 g/mol. The maximum absolute atomic E-state index is 13.9. The van der Waals surface area contributed by atoms with Crippen LogP contribution in [0.3, 0.4) is 0 Å². The standard InChI is InChI=1S/C15H16FNO2/c1-17(10-12-4-5-12)15(19)13-7-6-11(3-2-8-18)9-14(13)16/h6-7,9,12,18H,4-5,8,10H2,1H3. The van der Waals surface area contributed by atoms with Gasteiger partial charge in [0, 0.05) is 19.2 Å². The van der Waals surface area contributed by atoms with Crippen molar-refractivity contribution in [1.82, 2.24) is 4.90 Å².